The van der Waals surface area contributed by atoms with Gasteiger partial charge in [-0.3, -0.25) is 14.5 Å². The molecular formula is C15H14N2O4. The largest absolute Gasteiger partial charge is 0.390 e. The summed E-state index contributed by atoms with van der Waals surface area (Å²) in [5.74, 6) is 0.117. The van der Waals surface area contributed by atoms with Gasteiger partial charge in [-0.15, -0.1) is 0 Å². The molecule has 0 aliphatic carbocycles. The van der Waals surface area contributed by atoms with Crippen LogP contribution in [0.25, 0.3) is 11.3 Å². The zero-order valence-corrected chi connectivity index (χ0v) is 11.3. The molecule has 3 rings (SSSR count). The summed E-state index contributed by atoms with van der Waals surface area (Å²) in [5, 5.41) is 12.7. The number of imide groups is 1. The van der Waals surface area contributed by atoms with Gasteiger partial charge in [0.15, 0.2) is 5.76 Å². The van der Waals surface area contributed by atoms with Gasteiger partial charge in [-0.05, 0) is 18.6 Å². The Morgan fingerprint density at radius 2 is 1.95 bits per heavy atom. The van der Waals surface area contributed by atoms with Gasteiger partial charge < -0.3 is 9.63 Å². The number of piperidine rings is 1. The molecule has 21 heavy (non-hydrogen) atoms. The minimum absolute atomic E-state index is 0.183. The van der Waals surface area contributed by atoms with Crippen molar-refractivity contribution in [1.82, 2.24) is 5.16 Å². The Morgan fingerprint density at radius 3 is 2.62 bits per heavy atom. The SMILES string of the molecule is O=C1CCCC(=O)N1c1cccc(-c2cc(CO)no2)c1. The van der Waals surface area contributed by atoms with E-state index < -0.39 is 0 Å². The third-order valence-electron chi connectivity index (χ3n) is 3.39. The fourth-order valence-corrected chi connectivity index (χ4v) is 2.36. The Morgan fingerprint density at radius 1 is 1.19 bits per heavy atom. The molecule has 0 spiro atoms. The Bertz CT molecular complexity index is 676. The topological polar surface area (TPSA) is 83.6 Å². The van der Waals surface area contributed by atoms with E-state index in [0.717, 1.165) is 0 Å². The number of hydrogen-bond donors (Lipinski definition) is 1. The van der Waals surface area contributed by atoms with Gasteiger partial charge in [0, 0.05) is 24.5 Å². The monoisotopic (exact) mass is 286 g/mol. The lowest BCUT2D eigenvalue weighted by atomic mass is 10.1. The highest BCUT2D eigenvalue weighted by molar-refractivity contribution is 6.16. The molecule has 108 valence electrons. The smallest absolute Gasteiger partial charge is 0.233 e. The van der Waals surface area contributed by atoms with Crippen molar-refractivity contribution in [2.45, 2.75) is 25.9 Å². The summed E-state index contributed by atoms with van der Waals surface area (Å²) < 4.78 is 5.14. The van der Waals surface area contributed by atoms with E-state index in [-0.39, 0.29) is 18.4 Å². The highest BCUT2D eigenvalue weighted by Crippen LogP contribution is 2.28. The van der Waals surface area contributed by atoms with Crippen LogP contribution in [0.2, 0.25) is 0 Å². The van der Waals surface area contributed by atoms with Crippen molar-refractivity contribution in [3.63, 3.8) is 0 Å². The average Bonchev–Trinajstić information content (AvgIpc) is 2.96. The van der Waals surface area contributed by atoms with E-state index in [1.54, 1.807) is 30.3 Å². The second-order valence-electron chi connectivity index (χ2n) is 4.87. The van der Waals surface area contributed by atoms with Gasteiger partial charge in [0.05, 0.1) is 12.3 Å². The second kappa shape index (κ2) is 5.49. The van der Waals surface area contributed by atoms with Gasteiger partial charge in [-0.25, -0.2) is 0 Å². The predicted octanol–water partition coefficient (Wildman–Crippen LogP) is 1.88. The van der Waals surface area contributed by atoms with Gasteiger partial charge in [-0.2, -0.15) is 0 Å². The lowest BCUT2D eigenvalue weighted by molar-refractivity contribution is -0.129. The molecule has 1 saturated heterocycles. The third-order valence-corrected chi connectivity index (χ3v) is 3.39. The number of hydrogen-bond acceptors (Lipinski definition) is 5. The molecule has 0 saturated carbocycles. The first kappa shape index (κ1) is 13.5. The number of aliphatic hydroxyl groups excluding tert-OH is 1. The molecule has 2 heterocycles. The summed E-state index contributed by atoms with van der Waals surface area (Å²) in [6, 6.07) is 8.60. The quantitative estimate of drug-likeness (QED) is 0.871. The minimum atomic E-state index is -0.202. The molecule has 1 N–H and O–H groups in total. The number of nitrogens with zero attached hydrogens (tertiary/aromatic N) is 2. The molecule has 2 amide bonds. The van der Waals surface area contributed by atoms with Gasteiger partial charge >= 0.3 is 0 Å². The normalized spacial score (nSPS) is 15.6. The van der Waals surface area contributed by atoms with Gasteiger partial charge in [0.1, 0.15) is 5.69 Å². The molecule has 2 aromatic rings. The molecule has 1 aromatic carbocycles. The molecule has 1 fully saturated rings. The number of benzene rings is 1. The van der Waals surface area contributed by atoms with Crippen LogP contribution in [-0.4, -0.2) is 22.1 Å². The minimum Gasteiger partial charge on any atom is -0.390 e. The van der Waals surface area contributed by atoms with Gasteiger partial charge in [0.25, 0.3) is 0 Å². The second-order valence-corrected chi connectivity index (χ2v) is 4.87. The van der Waals surface area contributed by atoms with Crippen molar-refractivity contribution in [2.75, 3.05) is 4.90 Å². The standard InChI is InChI=1S/C15H14N2O4/c18-9-11-8-13(21-16-11)10-3-1-4-12(7-10)17-14(19)5-2-6-15(17)20/h1,3-4,7-8,18H,2,5-6,9H2. The van der Waals surface area contributed by atoms with E-state index in [1.807, 2.05) is 0 Å². The lowest BCUT2D eigenvalue weighted by Gasteiger charge is -2.25. The zero-order valence-electron chi connectivity index (χ0n) is 11.3. The van der Waals surface area contributed by atoms with Crippen molar-refractivity contribution < 1.29 is 19.2 Å². The fraction of sp³-hybridized carbons (Fsp3) is 0.267. The third kappa shape index (κ3) is 2.57. The summed E-state index contributed by atoms with van der Waals surface area (Å²) in [7, 11) is 0. The molecule has 6 heteroatoms. The molecular weight excluding hydrogens is 272 g/mol. The van der Waals surface area contributed by atoms with Crippen molar-refractivity contribution in [3.8, 4) is 11.3 Å². The Kier molecular flexibility index (Phi) is 3.53. The van der Waals surface area contributed by atoms with E-state index in [9.17, 15) is 9.59 Å². The number of anilines is 1. The predicted molar refractivity (Wildman–Crippen MR) is 74.2 cm³/mol. The van der Waals surface area contributed by atoms with Crippen LogP contribution < -0.4 is 4.90 Å². The number of aromatic nitrogens is 1. The molecule has 1 aromatic heterocycles. The summed E-state index contributed by atoms with van der Waals surface area (Å²) in [5.41, 5.74) is 1.66. The highest BCUT2D eigenvalue weighted by Gasteiger charge is 2.27. The van der Waals surface area contributed by atoms with Crippen molar-refractivity contribution >= 4 is 17.5 Å². The van der Waals surface area contributed by atoms with Crippen molar-refractivity contribution in [3.05, 3.63) is 36.0 Å². The number of carbonyl (C=O) groups excluding carboxylic acids is 2. The molecule has 0 unspecified atom stereocenters. The van der Waals surface area contributed by atoms with Crippen LogP contribution in [-0.2, 0) is 16.2 Å². The molecule has 6 nitrogen and oxygen atoms in total. The van der Waals surface area contributed by atoms with Crippen LogP contribution in [0.5, 0.6) is 0 Å². The van der Waals surface area contributed by atoms with Crippen LogP contribution in [0.1, 0.15) is 25.0 Å². The Labute approximate surface area is 121 Å². The number of rotatable bonds is 3. The molecule has 1 aliphatic heterocycles. The number of amides is 2. The molecule has 1 aliphatic rings. The summed E-state index contributed by atoms with van der Waals surface area (Å²) in [4.78, 5) is 25.1. The number of aliphatic hydroxyl groups is 1. The van der Waals surface area contributed by atoms with E-state index in [4.69, 9.17) is 9.63 Å². The first-order valence-corrected chi connectivity index (χ1v) is 6.71. The van der Waals surface area contributed by atoms with Crippen molar-refractivity contribution in [1.29, 1.82) is 0 Å². The van der Waals surface area contributed by atoms with Crippen molar-refractivity contribution in [2.24, 2.45) is 0 Å². The van der Waals surface area contributed by atoms with E-state index in [1.165, 1.54) is 4.90 Å². The highest BCUT2D eigenvalue weighted by atomic mass is 16.5. The first-order valence-electron chi connectivity index (χ1n) is 6.71. The Hall–Kier alpha value is -2.47. The first-order chi connectivity index (χ1) is 10.2. The van der Waals surface area contributed by atoms with E-state index >= 15 is 0 Å². The Balaban J connectivity index is 1.96. The maximum atomic E-state index is 11.9. The van der Waals surface area contributed by atoms with Crippen LogP contribution in [0, 0.1) is 0 Å². The maximum Gasteiger partial charge on any atom is 0.233 e. The summed E-state index contributed by atoms with van der Waals surface area (Å²) >= 11 is 0. The molecule has 0 bridgehead atoms. The van der Waals surface area contributed by atoms with E-state index in [0.29, 0.717) is 42.0 Å². The summed E-state index contributed by atoms with van der Waals surface area (Å²) in [6.45, 7) is -0.202. The van der Waals surface area contributed by atoms with Crippen LogP contribution in [0.15, 0.2) is 34.9 Å². The molecule has 0 radical (unpaired) electrons. The van der Waals surface area contributed by atoms with E-state index in [2.05, 4.69) is 5.16 Å². The van der Waals surface area contributed by atoms with Crippen LogP contribution >= 0.6 is 0 Å². The molecule has 0 atom stereocenters. The summed E-state index contributed by atoms with van der Waals surface area (Å²) in [6.07, 6.45) is 1.37. The maximum absolute atomic E-state index is 11.9. The fourth-order valence-electron chi connectivity index (χ4n) is 2.36. The zero-order chi connectivity index (χ0) is 14.8. The lowest BCUT2D eigenvalue weighted by Crippen LogP contribution is -2.40. The number of carbonyl (C=O) groups is 2. The van der Waals surface area contributed by atoms with Gasteiger partial charge in [0.2, 0.25) is 11.8 Å². The average molecular weight is 286 g/mol. The van der Waals surface area contributed by atoms with Gasteiger partial charge in [-0.1, -0.05) is 17.3 Å². The van der Waals surface area contributed by atoms with Crippen LogP contribution in [0.4, 0.5) is 5.69 Å². The van der Waals surface area contributed by atoms with Crippen LogP contribution in [0.3, 0.4) is 0 Å².